The Kier molecular flexibility index (Phi) is 5.56. The minimum absolute atomic E-state index is 0.112. The van der Waals surface area contributed by atoms with Crippen LogP contribution >= 0.6 is 0 Å². The van der Waals surface area contributed by atoms with E-state index in [0.717, 1.165) is 24.0 Å². The van der Waals surface area contributed by atoms with Crippen molar-refractivity contribution in [3.63, 3.8) is 0 Å². The first-order valence-corrected chi connectivity index (χ1v) is 10.8. The fourth-order valence-electron chi connectivity index (χ4n) is 3.41. The van der Waals surface area contributed by atoms with Crippen molar-refractivity contribution in [1.82, 2.24) is 5.32 Å². The van der Waals surface area contributed by atoms with Crippen LogP contribution in [-0.4, -0.2) is 26.9 Å². The highest BCUT2D eigenvalue weighted by Crippen LogP contribution is 2.37. The monoisotopic (exact) mass is 386 g/mol. The van der Waals surface area contributed by atoms with E-state index in [2.05, 4.69) is 12.2 Å². The minimum Gasteiger partial charge on any atom is -0.352 e. The molecule has 0 aromatic heterocycles. The van der Waals surface area contributed by atoms with Gasteiger partial charge in [0.1, 0.15) is 0 Å². The Morgan fingerprint density at radius 1 is 1.19 bits per heavy atom. The van der Waals surface area contributed by atoms with Crippen LogP contribution in [0.1, 0.15) is 48.2 Å². The summed E-state index contributed by atoms with van der Waals surface area (Å²) in [4.78, 5) is 12.6. The van der Waals surface area contributed by atoms with E-state index in [1.165, 1.54) is 4.31 Å². The summed E-state index contributed by atoms with van der Waals surface area (Å²) in [6, 6.07) is 12.0. The maximum absolute atomic E-state index is 13.2. The Labute approximate surface area is 161 Å². The molecule has 2 aromatic rings. The van der Waals surface area contributed by atoms with Crippen molar-refractivity contribution < 1.29 is 13.2 Å². The molecule has 1 aliphatic rings. The van der Waals surface area contributed by atoms with Gasteiger partial charge in [0, 0.05) is 18.2 Å². The van der Waals surface area contributed by atoms with E-state index in [9.17, 15) is 13.2 Å². The molecule has 1 heterocycles. The van der Waals surface area contributed by atoms with Gasteiger partial charge in [-0.15, -0.1) is 0 Å². The molecular formula is C21H26N2O3S. The van der Waals surface area contributed by atoms with Crippen LogP contribution in [0.25, 0.3) is 0 Å². The van der Waals surface area contributed by atoms with Gasteiger partial charge in [0.25, 0.3) is 15.9 Å². The van der Waals surface area contributed by atoms with E-state index in [1.54, 1.807) is 36.4 Å². The number of nitrogens with one attached hydrogen (secondary N) is 1. The Bertz CT molecular complexity index is 936. The average Bonchev–Trinajstić information content (AvgIpc) is 2.97. The molecule has 0 fully saturated rings. The standard InChI is InChI=1S/C21H26N2O3S/c1-4-5-12-22-21(24)17-8-11-20-18(14-17)13-16(3)23(20)27(25,26)19-9-6-15(2)7-10-19/h6-11,14,16H,4-5,12-13H2,1-3H3,(H,22,24)/t16-/m0/s1. The zero-order valence-electron chi connectivity index (χ0n) is 16.0. The second-order valence-corrected chi connectivity index (χ2v) is 8.93. The topological polar surface area (TPSA) is 66.5 Å². The summed E-state index contributed by atoms with van der Waals surface area (Å²) in [6.07, 6.45) is 2.56. The Hall–Kier alpha value is -2.34. The summed E-state index contributed by atoms with van der Waals surface area (Å²) >= 11 is 0. The zero-order chi connectivity index (χ0) is 19.6. The van der Waals surface area contributed by atoms with Crippen LogP contribution in [0.3, 0.4) is 0 Å². The van der Waals surface area contributed by atoms with E-state index in [4.69, 9.17) is 0 Å². The molecule has 0 saturated heterocycles. The maximum atomic E-state index is 13.2. The molecule has 3 rings (SSSR count). The van der Waals surface area contributed by atoms with Gasteiger partial charge in [-0.3, -0.25) is 9.10 Å². The van der Waals surface area contributed by atoms with Crippen molar-refractivity contribution in [1.29, 1.82) is 0 Å². The van der Waals surface area contributed by atoms with Crippen molar-refractivity contribution in [3.8, 4) is 0 Å². The van der Waals surface area contributed by atoms with Gasteiger partial charge in [-0.2, -0.15) is 0 Å². The molecule has 6 heteroatoms. The molecule has 144 valence electrons. The first kappa shape index (κ1) is 19.4. The van der Waals surface area contributed by atoms with Crippen LogP contribution in [0, 0.1) is 6.92 Å². The van der Waals surface area contributed by atoms with Crippen LogP contribution in [0.2, 0.25) is 0 Å². The number of carbonyl (C=O) groups is 1. The lowest BCUT2D eigenvalue weighted by Gasteiger charge is -2.24. The number of benzene rings is 2. The lowest BCUT2D eigenvalue weighted by molar-refractivity contribution is 0.0953. The van der Waals surface area contributed by atoms with Gasteiger partial charge in [-0.1, -0.05) is 31.0 Å². The summed E-state index contributed by atoms with van der Waals surface area (Å²) in [5.41, 5.74) is 3.14. The maximum Gasteiger partial charge on any atom is 0.264 e. The lowest BCUT2D eigenvalue weighted by Crippen LogP contribution is -2.35. The van der Waals surface area contributed by atoms with Gasteiger partial charge in [0.2, 0.25) is 0 Å². The van der Waals surface area contributed by atoms with Crippen LogP contribution in [0.5, 0.6) is 0 Å². The molecular weight excluding hydrogens is 360 g/mol. The molecule has 0 radical (unpaired) electrons. The molecule has 0 saturated carbocycles. The summed E-state index contributed by atoms with van der Waals surface area (Å²) in [5.74, 6) is -0.112. The van der Waals surface area contributed by atoms with Crippen molar-refractivity contribution in [3.05, 3.63) is 59.2 Å². The van der Waals surface area contributed by atoms with Crippen LogP contribution in [0.4, 0.5) is 5.69 Å². The number of nitrogens with zero attached hydrogens (tertiary/aromatic N) is 1. The van der Waals surface area contributed by atoms with Crippen LogP contribution in [0.15, 0.2) is 47.4 Å². The van der Waals surface area contributed by atoms with E-state index in [-0.39, 0.29) is 16.8 Å². The number of fused-ring (bicyclic) bond motifs is 1. The summed E-state index contributed by atoms with van der Waals surface area (Å²) < 4.78 is 27.8. The number of amides is 1. The number of carbonyl (C=O) groups excluding carboxylic acids is 1. The van der Waals surface area contributed by atoms with Gasteiger partial charge < -0.3 is 5.32 Å². The quantitative estimate of drug-likeness (QED) is 0.771. The van der Waals surface area contributed by atoms with Crippen LogP contribution < -0.4 is 9.62 Å². The molecule has 0 spiro atoms. The predicted molar refractivity (Wildman–Crippen MR) is 108 cm³/mol. The van der Waals surface area contributed by atoms with Crippen molar-refractivity contribution in [2.24, 2.45) is 0 Å². The van der Waals surface area contributed by atoms with Crippen LogP contribution in [-0.2, 0) is 16.4 Å². The third kappa shape index (κ3) is 3.86. The molecule has 1 amide bonds. The highest BCUT2D eigenvalue weighted by atomic mass is 32.2. The second kappa shape index (κ2) is 7.72. The first-order valence-electron chi connectivity index (χ1n) is 9.37. The summed E-state index contributed by atoms with van der Waals surface area (Å²) in [6.45, 7) is 6.55. The Balaban J connectivity index is 1.89. The Morgan fingerprint density at radius 3 is 2.56 bits per heavy atom. The number of sulfonamides is 1. The van der Waals surface area contributed by atoms with E-state index >= 15 is 0 Å². The minimum atomic E-state index is -3.64. The summed E-state index contributed by atoms with van der Waals surface area (Å²) in [5, 5.41) is 2.90. The van der Waals surface area contributed by atoms with E-state index in [0.29, 0.717) is 24.2 Å². The molecule has 0 bridgehead atoms. The molecule has 5 nitrogen and oxygen atoms in total. The largest absolute Gasteiger partial charge is 0.352 e. The van der Waals surface area contributed by atoms with Crippen molar-refractivity contribution in [2.45, 2.75) is 51.0 Å². The number of anilines is 1. The van der Waals surface area contributed by atoms with Gasteiger partial charge >= 0.3 is 0 Å². The molecule has 1 N–H and O–H groups in total. The normalized spacial score (nSPS) is 16.3. The molecule has 1 aliphatic heterocycles. The average molecular weight is 387 g/mol. The molecule has 0 aliphatic carbocycles. The number of aryl methyl sites for hydroxylation is 1. The molecule has 27 heavy (non-hydrogen) atoms. The number of hydrogen-bond donors (Lipinski definition) is 1. The molecule has 2 aromatic carbocycles. The number of hydrogen-bond acceptors (Lipinski definition) is 3. The van der Waals surface area contributed by atoms with Crippen molar-refractivity contribution in [2.75, 3.05) is 10.8 Å². The summed E-state index contributed by atoms with van der Waals surface area (Å²) in [7, 11) is -3.64. The highest BCUT2D eigenvalue weighted by Gasteiger charge is 2.36. The molecule has 1 atom stereocenters. The molecule has 0 unspecified atom stereocenters. The third-order valence-corrected chi connectivity index (χ3v) is 6.83. The Morgan fingerprint density at radius 2 is 1.89 bits per heavy atom. The van der Waals surface area contributed by atoms with Gasteiger partial charge in [-0.25, -0.2) is 8.42 Å². The third-order valence-electron chi connectivity index (χ3n) is 4.89. The van der Waals surface area contributed by atoms with Gasteiger partial charge in [0.05, 0.1) is 10.6 Å². The predicted octanol–water partition coefficient (Wildman–Crippen LogP) is 3.66. The smallest absolute Gasteiger partial charge is 0.264 e. The number of unbranched alkanes of at least 4 members (excludes halogenated alkanes) is 1. The van der Waals surface area contributed by atoms with Gasteiger partial charge in [-0.05, 0) is 62.6 Å². The fraction of sp³-hybridized carbons (Fsp3) is 0.381. The SMILES string of the molecule is CCCCNC(=O)c1ccc2c(c1)C[C@H](C)N2S(=O)(=O)c1ccc(C)cc1. The first-order chi connectivity index (χ1) is 12.8. The van der Waals surface area contributed by atoms with Gasteiger partial charge in [0.15, 0.2) is 0 Å². The lowest BCUT2D eigenvalue weighted by atomic mass is 10.1. The highest BCUT2D eigenvalue weighted by molar-refractivity contribution is 7.92. The number of rotatable bonds is 6. The van der Waals surface area contributed by atoms with E-state index < -0.39 is 10.0 Å². The van der Waals surface area contributed by atoms with E-state index in [1.807, 2.05) is 19.9 Å². The van der Waals surface area contributed by atoms with Crippen molar-refractivity contribution >= 4 is 21.6 Å². The zero-order valence-corrected chi connectivity index (χ0v) is 16.8. The fourth-order valence-corrected chi connectivity index (χ4v) is 5.11. The second-order valence-electron chi connectivity index (χ2n) is 7.12.